The highest BCUT2D eigenvalue weighted by Crippen LogP contribution is 2.28. The quantitative estimate of drug-likeness (QED) is 0.580. The molecule has 0 saturated heterocycles. The van der Waals surface area contributed by atoms with Gasteiger partial charge in [0, 0.05) is 10.9 Å². The zero-order chi connectivity index (χ0) is 15.0. The number of para-hydroxylation sites is 1. The number of hydrogen-bond acceptors (Lipinski definition) is 5. The maximum Gasteiger partial charge on any atom is 0.442 e. The molecule has 6 nitrogen and oxygen atoms in total. The van der Waals surface area contributed by atoms with Crippen LogP contribution >= 0.6 is 0 Å². The van der Waals surface area contributed by atoms with Crippen LogP contribution in [0.3, 0.4) is 0 Å². The normalized spacial score (nSPS) is 11.5. The molecule has 0 aliphatic rings. The zero-order valence-electron chi connectivity index (χ0n) is 11.1. The first-order valence-electron chi connectivity index (χ1n) is 6.60. The second kappa shape index (κ2) is 5.17. The predicted molar refractivity (Wildman–Crippen MR) is 73.9 cm³/mol. The molecule has 0 atom stereocenters. The van der Waals surface area contributed by atoms with E-state index in [1.807, 2.05) is 0 Å². The molecule has 110 valence electrons. The molecule has 0 radical (unpaired) electrons. The van der Waals surface area contributed by atoms with Crippen molar-refractivity contribution in [2.75, 3.05) is 6.54 Å². The lowest BCUT2D eigenvalue weighted by atomic mass is 10.1. The largest absolute Gasteiger partial charge is 0.442 e. The number of unbranched alkanes of at least 4 members (excludes halogenated alkanes) is 1. The topological polar surface area (TPSA) is 90.9 Å². The van der Waals surface area contributed by atoms with E-state index in [2.05, 4.69) is 0 Å². The molecule has 0 bridgehead atoms. The van der Waals surface area contributed by atoms with E-state index >= 15 is 0 Å². The Bertz CT molecular complexity index is 922. The number of nitrogens with two attached hydrogens (primary N) is 1. The fourth-order valence-electron chi connectivity index (χ4n) is 2.43. The standard InChI is InChI=1S/C14H13FN2O4/c15-10-6-3-5-8-9(4-1-2-7-16)12-17(11(8)10)21-14(19)13(18)20-12/h3,5-6H,1-2,4,7,16H2. The summed E-state index contributed by atoms with van der Waals surface area (Å²) in [6.07, 6.45) is 2.09. The number of fused-ring (bicyclic) bond motifs is 3. The Labute approximate surface area is 117 Å². The van der Waals surface area contributed by atoms with Gasteiger partial charge in [0.1, 0.15) is 5.52 Å². The van der Waals surface area contributed by atoms with Crippen molar-refractivity contribution < 1.29 is 13.3 Å². The van der Waals surface area contributed by atoms with Crippen LogP contribution in [0.25, 0.3) is 16.6 Å². The van der Waals surface area contributed by atoms with E-state index in [0.717, 1.165) is 17.4 Å². The van der Waals surface area contributed by atoms with Crippen LogP contribution in [0.5, 0.6) is 0 Å². The second-order valence-electron chi connectivity index (χ2n) is 4.73. The van der Waals surface area contributed by atoms with Crippen molar-refractivity contribution in [3.63, 3.8) is 0 Å². The highest BCUT2D eigenvalue weighted by molar-refractivity contribution is 5.90. The van der Waals surface area contributed by atoms with Crippen LogP contribution in [0.4, 0.5) is 4.39 Å². The molecule has 2 N–H and O–H groups in total. The first kappa shape index (κ1) is 13.6. The Morgan fingerprint density at radius 3 is 2.76 bits per heavy atom. The molecule has 0 unspecified atom stereocenters. The monoisotopic (exact) mass is 292 g/mol. The van der Waals surface area contributed by atoms with E-state index < -0.39 is 17.1 Å². The SMILES string of the molecule is NCCCCc1c2cccc(F)c2n2oc(=O)c(=O)oc12. The number of hydrogen-bond donors (Lipinski definition) is 1. The number of aromatic nitrogens is 1. The van der Waals surface area contributed by atoms with Crippen molar-refractivity contribution in [2.45, 2.75) is 19.3 Å². The maximum atomic E-state index is 14.0. The highest BCUT2D eigenvalue weighted by atomic mass is 19.1. The van der Waals surface area contributed by atoms with Crippen LogP contribution in [0.2, 0.25) is 0 Å². The van der Waals surface area contributed by atoms with Gasteiger partial charge in [-0.15, -0.1) is 4.57 Å². The van der Waals surface area contributed by atoms with Crippen LogP contribution in [0.1, 0.15) is 18.4 Å². The van der Waals surface area contributed by atoms with Gasteiger partial charge in [-0.3, -0.25) is 0 Å². The lowest BCUT2D eigenvalue weighted by Crippen LogP contribution is -2.23. The molecule has 1 aromatic carbocycles. The number of rotatable bonds is 4. The third kappa shape index (κ3) is 2.15. The fraction of sp³-hybridized carbons (Fsp3) is 0.286. The van der Waals surface area contributed by atoms with Crippen molar-refractivity contribution in [1.82, 2.24) is 4.57 Å². The van der Waals surface area contributed by atoms with Crippen molar-refractivity contribution >= 4 is 16.6 Å². The zero-order valence-corrected chi connectivity index (χ0v) is 11.1. The van der Waals surface area contributed by atoms with Gasteiger partial charge in [-0.05, 0) is 31.9 Å². The lowest BCUT2D eigenvalue weighted by Gasteiger charge is -1.98. The molecular weight excluding hydrogens is 279 g/mol. The van der Waals surface area contributed by atoms with E-state index in [1.165, 1.54) is 6.07 Å². The van der Waals surface area contributed by atoms with Gasteiger partial charge in [-0.1, -0.05) is 12.1 Å². The van der Waals surface area contributed by atoms with E-state index in [-0.39, 0.29) is 11.2 Å². The van der Waals surface area contributed by atoms with Gasteiger partial charge in [0.25, 0.3) is 0 Å². The molecule has 0 aliphatic heterocycles. The molecule has 0 spiro atoms. The summed E-state index contributed by atoms with van der Waals surface area (Å²) in [6.45, 7) is 0.539. The summed E-state index contributed by atoms with van der Waals surface area (Å²) in [5.41, 5.74) is 3.98. The fourth-order valence-corrected chi connectivity index (χ4v) is 2.43. The molecule has 0 amide bonds. The molecule has 3 rings (SSSR count). The second-order valence-corrected chi connectivity index (χ2v) is 4.73. The van der Waals surface area contributed by atoms with Crippen LogP contribution in [0, 0.1) is 5.82 Å². The Morgan fingerprint density at radius 1 is 1.19 bits per heavy atom. The summed E-state index contributed by atoms with van der Waals surface area (Å²) in [7, 11) is 0. The average Bonchev–Trinajstić information content (AvgIpc) is 2.75. The molecule has 0 fully saturated rings. The molecule has 7 heteroatoms. The minimum atomic E-state index is -1.17. The van der Waals surface area contributed by atoms with E-state index in [0.29, 0.717) is 23.9 Å². The summed E-state index contributed by atoms with van der Waals surface area (Å²) in [6, 6.07) is 4.51. The van der Waals surface area contributed by atoms with Gasteiger partial charge in [0.15, 0.2) is 5.82 Å². The first-order chi connectivity index (χ1) is 10.1. The van der Waals surface area contributed by atoms with Gasteiger partial charge >= 0.3 is 11.3 Å². The summed E-state index contributed by atoms with van der Waals surface area (Å²) >= 11 is 0. The minimum absolute atomic E-state index is 0.0664. The van der Waals surface area contributed by atoms with Gasteiger partial charge < -0.3 is 14.7 Å². The maximum absolute atomic E-state index is 14.0. The van der Waals surface area contributed by atoms with E-state index in [4.69, 9.17) is 14.7 Å². The van der Waals surface area contributed by atoms with E-state index in [9.17, 15) is 14.0 Å². The number of halogens is 1. The molecule has 21 heavy (non-hydrogen) atoms. The number of benzene rings is 1. The van der Waals surface area contributed by atoms with Crippen LogP contribution < -0.4 is 17.0 Å². The minimum Gasteiger partial charge on any atom is -0.397 e. The van der Waals surface area contributed by atoms with E-state index in [1.54, 1.807) is 12.1 Å². The van der Waals surface area contributed by atoms with Crippen molar-refractivity contribution in [1.29, 1.82) is 0 Å². The van der Waals surface area contributed by atoms with Crippen LogP contribution in [-0.4, -0.2) is 11.1 Å². The molecule has 0 aliphatic carbocycles. The van der Waals surface area contributed by atoms with Crippen LogP contribution in [-0.2, 0) is 6.42 Å². The summed E-state index contributed by atoms with van der Waals surface area (Å²) < 4.78 is 24.8. The van der Waals surface area contributed by atoms with Gasteiger partial charge in [0.2, 0.25) is 5.71 Å². The van der Waals surface area contributed by atoms with Gasteiger partial charge in [-0.2, -0.15) is 0 Å². The summed E-state index contributed by atoms with van der Waals surface area (Å²) in [5, 5.41) is 0.560. The third-order valence-electron chi connectivity index (χ3n) is 3.37. The summed E-state index contributed by atoms with van der Waals surface area (Å²) in [4.78, 5) is 22.7. The Hall–Kier alpha value is -2.41. The van der Waals surface area contributed by atoms with Crippen molar-refractivity contribution in [3.05, 3.63) is 50.4 Å². The average molecular weight is 292 g/mol. The molecule has 3 aromatic rings. The molecule has 2 aromatic heterocycles. The number of aryl methyl sites for hydroxylation is 1. The predicted octanol–water partition coefficient (Wildman–Crippen LogP) is 1.42. The van der Waals surface area contributed by atoms with Crippen molar-refractivity contribution in [3.8, 4) is 0 Å². The first-order valence-corrected chi connectivity index (χ1v) is 6.60. The molecule has 0 saturated carbocycles. The summed E-state index contributed by atoms with van der Waals surface area (Å²) in [5.74, 6) is -0.551. The Kier molecular flexibility index (Phi) is 3.34. The Balaban J connectivity index is 2.36. The highest BCUT2D eigenvalue weighted by Gasteiger charge is 2.19. The van der Waals surface area contributed by atoms with Gasteiger partial charge in [-0.25, -0.2) is 14.0 Å². The van der Waals surface area contributed by atoms with Crippen molar-refractivity contribution in [2.24, 2.45) is 5.73 Å². The van der Waals surface area contributed by atoms with Gasteiger partial charge in [0.05, 0.1) is 0 Å². The Morgan fingerprint density at radius 2 is 2.00 bits per heavy atom. The molecular formula is C14H13FN2O4. The third-order valence-corrected chi connectivity index (χ3v) is 3.37. The lowest BCUT2D eigenvalue weighted by molar-refractivity contribution is 0.284. The molecule has 2 heterocycles. The smallest absolute Gasteiger partial charge is 0.397 e. The van der Waals surface area contributed by atoms with Crippen LogP contribution in [0.15, 0.2) is 36.7 Å². The number of nitrogens with zero attached hydrogens (tertiary/aromatic N) is 1.